The minimum Gasteiger partial charge on any atom is -0.341 e. The predicted molar refractivity (Wildman–Crippen MR) is 81.6 cm³/mol. The molecule has 1 fully saturated rings. The van der Waals surface area contributed by atoms with E-state index in [1.807, 2.05) is 11.8 Å². The van der Waals surface area contributed by atoms with Crippen molar-refractivity contribution in [2.75, 3.05) is 18.8 Å². The third kappa shape index (κ3) is 3.12. The van der Waals surface area contributed by atoms with Gasteiger partial charge in [-0.15, -0.1) is 11.8 Å². The van der Waals surface area contributed by atoms with Gasteiger partial charge in [0.15, 0.2) is 0 Å². The number of fused-ring (bicyclic) bond motifs is 1. The van der Waals surface area contributed by atoms with Gasteiger partial charge in [-0.3, -0.25) is 4.90 Å². The minimum absolute atomic E-state index is 0.964. The highest BCUT2D eigenvalue weighted by Crippen LogP contribution is 2.23. The van der Waals surface area contributed by atoms with E-state index in [1.54, 1.807) is 0 Å². The number of nitrogens with one attached hydrogen (secondary N) is 1. The van der Waals surface area contributed by atoms with Crippen LogP contribution in [0.3, 0.4) is 0 Å². The highest BCUT2D eigenvalue weighted by atomic mass is 32.2. The van der Waals surface area contributed by atoms with Gasteiger partial charge >= 0.3 is 0 Å². The second kappa shape index (κ2) is 5.97. The lowest BCUT2D eigenvalue weighted by molar-refractivity contribution is 0.324. The molecule has 0 bridgehead atoms. The molecule has 1 N–H and O–H groups in total. The zero-order valence-electron chi connectivity index (χ0n) is 11.5. The van der Waals surface area contributed by atoms with Gasteiger partial charge in [-0.05, 0) is 56.3 Å². The van der Waals surface area contributed by atoms with Gasteiger partial charge in [0.2, 0.25) is 0 Å². The smallest absolute Gasteiger partial charge is 0.121 e. The second-order valence-electron chi connectivity index (χ2n) is 5.19. The summed E-state index contributed by atoms with van der Waals surface area (Å²) in [6.45, 7) is 5.62. The third-order valence-electron chi connectivity index (χ3n) is 3.55. The number of imidazole rings is 1. The standard InChI is InChI=1S/C15H21N3S/c1-2-9-19-12-5-6-13-14(10-12)17-15(16-13)11-18-7-3-4-8-18/h5-6,10H,2-4,7-9,11H2,1H3,(H,16,17). The number of benzene rings is 1. The number of aromatic nitrogens is 2. The third-order valence-corrected chi connectivity index (χ3v) is 4.75. The van der Waals surface area contributed by atoms with E-state index in [2.05, 4.69) is 35.0 Å². The van der Waals surface area contributed by atoms with Gasteiger partial charge in [-0.1, -0.05) is 6.92 Å². The Kier molecular flexibility index (Phi) is 4.09. The summed E-state index contributed by atoms with van der Waals surface area (Å²) in [6.07, 6.45) is 3.88. The second-order valence-corrected chi connectivity index (χ2v) is 6.36. The Hall–Kier alpha value is -1.00. The van der Waals surface area contributed by atoms with E-state index in [0.29, 0.717) is 0 Å². The predicted octanol–water partition coefficient (Wildman–Crippen LogP) is 3.66. The van der Waals surface area contributed by atoms with Crippen LogP contribution < -0.4 is 0 Å². The maximum atomic E-state index is 4.69. The van der Waals surface area contributed by atoms with Crippen molar-refractivity contribution in [2.24, 2.45) is 0 Å². The van der Waals surface area contributed by atoms with Crippen molar-refractivity contribution >= 4 is 22.8 Å². The maximum absolute atomic E-state index is 4.69. The summed E-state index contributed by atoms with van der Waals surface area (Å²) in [5.41, 5.74) is 2.27. The number of thioether (sulfide) groups is 1. The van der Waals surface area contributed by atoms with E-state index >= 15 is 0 Å². The molecule has 0 radical (unpaired) electrons. The van der Waals surface area contributed by atoms with Gasteiger partial charge in [0.25, 0.3) is 0 Å². The van der Waals surface area contributed by atoms with Crippen LogP contribution in [0.4, 0.5) is 0 Å². The van der Waals surface area contributed by atoms with E-state index < -0.39 is 0 Å². The van der Waals surface area contributed by atoms with Gasteiger partial charge < -0.3 is 4.98 Å². The van der Waals surface area contributed by atoms with E-state index in [4.69, 9.17) is 4.98 Å². The Morgan fingerprint density at radius 3 is 2.95 bits per heavy atom. The lowest BCUT2D eigenvalue weighted by Gasteiger charge is -2.11. The molecule has 3 rings (SSSR count). The largest absolute Gasteiger partial charge is 0.341 e. The first-order valence-corrected chi connectivity index (χ1v) is 8.17. The molecule has 3 nitrogen and oxygen atoms in total. The molecule has 1 aromatic heterocycles. The average Bonchev–Trinajstić information content (AvgIpc) is 3.04. The molecule has 1 aliphatic rings. The summed E-state index contributed by atoms with van der Waals surface area (Å²) in [4.78, 5) is 12.0. The van der Waals surface area contributed by atoms with E-state index in [-0.39, 0.29) is 0 Å². The number of hydrogen-bond acceptors (Lipinski definition) is 3. The molecule has 1 aromatic carbocycles. The summed E-state index contributed by atoms with van der Waals surface area (Å²) in [5.74, 6) is 2.29. The van der Waals surface area contributed by atoms with Gasteiger partial charge in [0.05, 0.1) is 17.6 Å². The van der Waals surface area contributed by atoms with Crippen molar-refractivity contribution in [2.45, 2.75) is 37.6 Å². The zero-order chi connectivity index (χ0) is 13.1. The SMILES string of the molecule is CCCSc1ccc2nc(CN3CCCC3)[nH]c2c1. The van der Waals surface area contributed by atoms with Gasteiger partial charge in [0, 0.05) is 4.90 Å². The number of hydrogen-bond donors (Lipinski definition) is 1. The Labute approximate surface area is 118 Å². The van der Waals surface area contributed by atoms with Crippen molar-refractivity contribution in [3.8, 4) is 0 Å². The van der Waals surface area contributed by atoms with Crippen LogP contribution >= 0.6 is 11.8 Å². The van der Waals surface area contributed by atoms with Crippen molar-refractivity contribution in [1.29, 1.82) is 0 Å². The molecule has 4 heteroatoms. The molecule has 102 valence electrons. The van der Waals surface area contributed by atoms with Gasteiger partial charge in [-0.2, -0.15) is 0 Å². The topological polar surface area (TPSA) is 31.9 Å². The summed E-state index contributed by atoms with van der Waals surface area (Å²) in [5, 5.41) is 0. The highest BCUT2D eigenvalue weighted by Gasteiger charge is 2.13. The Bertz CT molecular complexity index is 543. The fraction of sp³-hybridized carbons (Fsp3) is 0.533. The van der Waals surface area contributed by atoms with Crippen LogP contribution in [0.1, 0.15) is 32.0 Å². The van der Waals surface area contributed by atoms with Crippen LogP contribution in [0.25, 0.3) is 11.0 Å². The number of nitrogens with zero attached hydrogens (tertiary/aromatic N) is 2. The quantitative estimate of drug-likeness (QED) is 0.845. The zero-order valence-corrected chi connectivity index (χ0v) is 12.3. The fourth-order valence-corrected chi connectivity index (χ4v) is 3.38. The Morgan fingerprint density at radius 2 is 2.16 bits per heavy atom. The highest BCUT2D eigenvalue weighted by molar-refractivity contribution is 7.99. The summed E-state index contributed by atoms with van der Waals surface area (Å²) < 4.78 is 0. The monoisotopic (exact) mass is 275 g/mol. The first-order valence-electron chi connectivity index (χ1n) is 7.19. The van der Waals surface area contributed by atoms with Crippen LogP contribution in [0.2, 0.25) is 0 Å². The van der Waals surface area contributed by atoms with E-state index in [9.17, 15) is 0 Å². The molecule has 2 aromatic rings. The van der Waals surface area contributed by atoms with Crippen LogP contribution in [-0.2, 0) is 6.54 Å². The Balaban J connectivity index is 1.75. The average molecular weight is 275 g/mol. The summed E-state index contributed by atoms with van der Waals surface area (Å²) in [6, 6.07) is 6.55. The molecule has 0 unspecified atom stereocenters. The molecule has 2 heterocycles. The number of aromatic amines is 1. The molecular formula is C15H21N3S. The molecule has 0 spiro atoms. The van der Waals surface area contributed by atoms with Crippen molar-refractivity contribution < 1.29 is 0 Å². The first kappa shape index (κ1) is 13.0. The first-order chi connectivity index (χ1) is 9.35. The van der Waals surface area contributed by atoms with Crippen LogP contribution in [0, 0.1) is 0 Å². The van der Waals surface area contributed by atoms with Crippen LogP contribution in [-0.4, -0.2) is 33.7 Å². The molecule has 1 aliphatic heterocycles. The number of rotatable bonds is 5. The molecule has 0 saturated carbocycles. The van der Waals surface area contributed by atoms with E-state index in [1.165, 1.54) is 48.5 Å². The molecule has 0 amide bonds. The number of likely N-dealkylation sites (tertiary alicyclic amines) is 1. The Morgan fingerprint density at radius 1 is 1.32 bits per heavy atom. The fourth-order valence-electron chi connectivity index (χ4n) is 2.58. The molecule has 0 aliphatic carbocycles. The normalized spacial score (nSPS) is 16.5. The number of H-pyrrole nitrogens is 1. The maximum Gasteiger partial charge on any atom is 0.121 e. The molecular weight excluding hydrogens is 254 g/mol. The van der Waals surface area contributed by atoms with Crippen molar-refractivity contribution in [1.82, 2.24) is 14.9 Å². The molecule has 1 saturated heterocycles. The summed E-state index contributed by atoms with van der Waals surface area (Å²) >= 11 is 1.92. The van der Waals surface area contributed by atoms with Crippen molar-refractivity contribution in [3.05, 3.63) is 24.0 Å². The van der Waals surface area contributed by atoms with E-state index in [0.717, 1.165) is 17.9 Å². The van der Waals surface area contributed by atoms with Crippen LogP contribution in [0.5, 0.6) is 0 Å². The van der Waals surface area contributed by atoms with Gasteiger partial charge in [-0.25, -0.2) is 4.98 Å². The molecule has 0 atom stereocenters. The lowest BCUT2D eigenvalue weighted by atomic mass is 10.3. The van der Waals surface area contributed by atoms with Gasteiger partial charge in [0.1, 0.15) is 5.82 Å². The van der Waals surface area contributed by atoms with Crippen molar-refractivity contribution in [3.63, 3.8) is 0 Å². The lowest BCUT2D eigenvalue weighted by Crippen LogP contribution is -2.19. The summed E-state index contributed by atoms with van der Waals surface area (Å²) in [7, 11) is 0. The molecule has 19 heavy (non-hydrogen) atoms. The van der Waals surface area contributed by atoms with Crippen LogP contribution in [0.15, 0.2) is 23.1 Å². The minimum atomic E-state index is 0.964.